The highest BCUT2D eigenvalue weighted by Crippen LogP contribution is 2.34. The van der Waals surface area contributed by atoms with Crippen LogP contribution in [0.2, 0.25) is 0 Å². The lowest BCUT2D eigenvalue weighted by atomic mass is 10.3. The van der Waals surface area contributed by atoms with Crippen LogP contribution in [0, 0.1) is 0 Å². The molecule has 0 fully saturated rings. The Morgan fingerprint density at radius 1 is 1.10 bits per heavy atom. The molecule has 0 saturated heterocycles. The fourth-order valence-electron chi connectivity index (χ4n) is 1.55. The molecule has 2 rings (SSSR count). The molecule has 21 heavy (non-hydrogen) atoms. The predicted molar refractivity (Wildman–Crippen MR) is 94.5 cm³/mol. The summed E-state index contributed by atoms with van der Waals surface area (Å²) in [7, 11) is 0. The van der Waals surface area contributed by atoms with E-state index < -0.39 is 0 Å². The van der Waals surface area contributed by atoms with E-state index in [-0.39, 0.29) is 12.5 Å². The first-order valence-corrected chi connectivity index (χ1v) is 8.26. The van der Waals surface area contributed by atoms with Crippen LogP contribution in [-0.2, 0) is 4.79 Å². The van der Waals surface area contributed by atoms with Crippen molar-refractivity contribution in [2.45, 2.75) is 0 Å². The Hall–Kier alpha value is -1.05. The van der Waals surface area contributed by atoms with Crippen molar-refractivity contribution >= 4 is 65.1 Å². The number of halogens is 3. The molecule has 0 radical (unpaired) electrons. The van der Waals surface area contributed by atoms with Gasteiger partial charge in [-0.25, -0.2) is 0 Å². The van der Waals surface area contributed by atoms with Gasteiger partial charge in [-0.15, -0.1) is 0 Å². The number of benzene rings is 2. The molecule has 0 aliphatic carbocycles. The lowest BCUT2D eigenvalue weighted by Crippen LogP contribution is -2.20. The van der Waals surface area contributed by atoms with Gasteiger partial charge in [0.15, 0.2) is 6.61 Å². The SMILES string of the molecule is Nc1ccc(OCC(=O)Nc2c(Br)cc(Br)cc2Br)cc1. The zero-order valence-corrected chi connectivity index (χ0v) is 15.5. The molecule has 0 bridgehead atoms. The number of nitrogens with one attached hydrogen (secondary N) is 1. The second kappa shape index (κ2) is 7.29. The summed E-state index contributed by atoms with van der Waals surface area (Å²) < 4.78 is 7.83. The van der Waals surface area contributed by atoms with E-state index in [2.05, 4.69) is 53.1 Å². The predicted octanol–water partition coefficient (Wildman–Crippen LogP) is 4.57. The van der Waals surface area contributed by atoms with Crippen LogP contribution in [0.3, 0.4) is 0 Å². The standard InChI is InChI=1S/C14H11Br3N2O2/c15-8-5-11(16)14(12(17)6-8)19-13(20)7-21-10-3-1-9(18)2-4-10/h1-6H,7,18H2,(H,19,20). The van der Waals surface area contributed by atoms with Gasteiger partial charge in [-0.1, -0.05) is 15.9 Å². The minimum atomic E-state index is -0.254. The van der Waals surface area contributed by atoms with Crippen molar-refractivity contribution in [3.8, 4) is 5.75 Å². The molecule has 2 aromatic carbocycles. The van der Waals surface area contributed by atoms with E-state index in [9.17, 15) is 4.79 Å². The van der Waals surface area contributed by atoms with Gasteiger partial charge in [0, 0.05) is 19.1 Å². The van der Waals surface area contributed by atoms with Crippen LogP contribution < -0.4 is 15.8 Å². The minimum Gasteiger partial charge on any atom is -0.484 e. The number of amides is 1. The molecule has 2 aromatic rings. The quantitative estimate of drug-likeness (QED) is 0.632. The molecule has 0 heterocycles. The Kier molecular flexibility index (Phi) is 5.66. The van der Waals surface area contributed by atoms with Crippen LogP contribution in [0.5, 0.6) is 5.75 Å². The van der Waals surface area contributed by atoms with Crippen LogP contribution in [0.1, 0.15) is 0 Å². The average molecular weight is 479 g/mol. The maximum atomic E-state index is 11.9. The topological polar surface area (TPSA) is 64.3 Å². The molecule has 0 atom stereocenters. The Bertz CT molecular complexity index is 637. The summed E-state index contributed by atoms with van der Waals surface area (Å²) >= 11 is 10.2. The van der Waals surface area contributed by atoms with E-state index in [1.165, 1.54) is 0 Å². The number of hydrogen-bond donors (Lipinski definition) is 2. The minimum absolute atomic E-state index is 0.0845. The van der Waals surface area contributed by atoms with E-state index in [1.54, 1.807) is 24.3 Å². The highest BCUT2D eigenvalue weighted by molar-refractivity contribution is 9.11. The van der Waals surface area contributed by atoms with Gasteiger partial charge in [0.25, 0.3) is 5.91 Å². The smallest absolute Gasteiger partial charge is 0.262 e. The number of nitrogens with two attached hydrogens (primary N) is 1. The summed E-state index contributed by atoms with van der Waals surface area (Å²) in [6, 6.07) is 10.6. The summed E-state index contributed by atoms with van der Waals surface area (Å²) in [6.45, 7) is -0.0845. The van der Waals surface area contributed by atoms with Gasteiger partial charge in [-0.2, -0.15) is 0 Å². The van der Waals surface area contributed by atoms with Crippen molar-refractivity contribution in [1.29, 1.82) is 0 Å². The van der Waals surface area contributed by atoms with Crippen LogP contribution in [0.25, 0.3) is 0 Å². The van der Waals surface area contributed by atoms with E-state index in [1.807, 2.05) is 12.1 Å². The van der Waals surface area contributed by atoms with Gasteiger partial charge in [-0.3, -0.25) is 4.79 Å². The van der Waals surface area contributed by atoms with Gasteiger partial charge >= 0.3 is 0 Å². The summed E-state index contributed by atoms with van der Waals surface area (Å²) in [4.78, 5) is 11.9. The fraction of sp³-hybridized carbons (Fsp3) is 0.0714. The summed E-state index contributed by atoms with van der Waals surface area (Å²) in [5, 5.41) is 2.78. The zero-order chi connectivity index (χ0) is 15.4. The molecule has 7 heteroatoms. The van der Waals surface area contributed by atoms with E-state index in [0.717, 1.165) is 13.4 Å². The number of nitrogen functional groups attached to an aromatic ring is 1. The molecule has 4 nitrogen and oxygen atoms in total. The van der Waals surface area contributed by atoms with Crippen molar-refractivity contribution in [2.75, 3.05) is 17.7 Å². The second-order valence-electron chi connectivity index (χ2n) is 4.15. The maximum Gasteiger partial charge on any atom is 0.262 e. The normalized spacial score (nSPS) is 10.2. The summed E-state index contributed by atoms with van der Waals surface area (Å²) in [5.41, 5.74) is 6.89. The zero-order valence-electron chi connectivity index (χ0n) is 10.7. The fourth-order valence-corrected chi connectivity index (χ4v) is 4.01. The number of anilines is 2. The van der Waals surface area contributed by atoms with Gasteiger partial charge in [0.2, 0.25) is 0 Å². The third-order valence-electron chi connectivity index (χ3n) is 2.52. The van der Waals surface area contributed by atoms with E-state index >= 15 is 0 Å². The van der Waals surface area contributed by atoms with Gasteiger partial charge in [0.1, 0.15) is 5.75 Å². The summed E-state index contributed by atoms with van der Waals surface area (Å²) in [6.07, 6.45) is 0. The first kappa shape index (κ1) is 16.3. The largest absolute Gasteiger partial charge is 0.484 e. The van der Waals surface area contributed by atoms with Crippen molar-refractivity contribution in [3.63, 3.8) is 0 Å². The molecule has 0 saturated carbocycles. The summed E-state index contributed by atoms with van der Waals surface area (Å²) in [5.74, 6) is 0.337. The van der Waals surface area contributed by atoms with Crippen molar-refractivity contribution in [2.24, 2.45) is 0 Å². The lowest BCUT2D eigenvalue weighted by molar-refractivity contribution is -0.118. The third-order valence-corrected chi connectivity index (χ3v) is 4.23. The highest BCUT2D eigenvalue weighted by atomic mass is 79.9. The number of ether oxygens (including phenoxy) is 1. The molecule has 0 spiro atoms. The van der Waals surface area contributed by atoms with E-state index in [0.29, 0.717) is 17.1 Å². The number of carbonyl (C=O) groups excluding carboxylic acids is 1. The molecular weight excluding hydrogens is 468 g/mol. The van der Waals surface area contributed by atoms with Gasteiger partial charge in [-0.05, 0) is 68.3 Å². The third kappa shape index (κ3) is 4.72. The first-order chi connectivity index (χ1) is 9.95. The maximum absolute atomic E-state index is 11.9. The Morgan fingerprint density at radius 3 is 2.24 bits per heavy atom. The Balaban J connectivity index is 1.97. The molecule has 110 valence electrons. The van der Waals surface area contributed by atoms with Gasteiger partial charge < -0.3 is 15.8 Å². The van der Waals surface area contributed by atoms with E-state index in [4.69, 9.17) is 10.5 Å². The van der Waals surface area contributed by atoms with Crippen molar-refractivity contribution in [3.05, 3.63) is 49.8 Å². The highest BCUT2D eigenvalue weighted by Gasteiger charge is 2.11. The van der Waals surface area contributed by atoms with Crippen LogP contribution in [0.4, 0.5) is 11.4 Å². The lowest BCUT2D eigenvalue weighted by Gasteiger charge is -2.11. The van der Waals surface area contributed by atoms with Gasteiger partial charge in [0.05, 0.1) is 5.69 Å². The Morgan fingerprint density at radius 2 is 1.67 bits per heavy atom. The van der Waals surface area contributed by atoms with Crippen LogP contribution in [0.15, 0.2) is 49.8 Å². The van der Waals surface area contributed by atoms with Crippen LogP contribution >= 0.6 is 47.8 Å². The second-order valence-corrected chi connectivity index (χ2v) is 6.77. The molecule has 3 N–H and O–H groups in total. The molecule has 0 aromatic heterocycles. The average Bonchev–Trinajstić information content (AvgIpc) is 2.42. The van der Waals surface area contributed by atoms with Crippen molar-refractivity contribution in [1.82, 2.24) is 0 Å². The molecule has 0 aliphatic heterocycles. The number of carbonyl (C=O) groups is 1. The Labute approximate surface area is 147 Å². The number of rotatable bonds is 4. The molecular formula is C14H11Br3N2O2. The molecule has 1 amide bonds. The molecule has 0 aliphatic rings. The monoisotopic (exact) mass is 476 g/mol. The van der Waals surface area contributed by atoms with Crippen LogP contribution in [-0.4, -0.2) is 12.5 Å². The van der Waals surface area contributed by atoms with Crippen molar-refractivity contribution < 1.29 is 9.53 Å². The number of hydrogen-bond acceptors (Lipinski definition) is 3. The molecule has 0 unspecified atom stereocenters. The first-order valence-electron chi connectivity index (χ1n) is 5.88.